The SMILES string of the molecule is Cc1noc(C)c1CNS(=O)(=O)N1CCCC(C(=O)O)C1. The molecule has 118 valence electrons. The van der Waals surface area contributed by atoms with Crippen LogP contribution in [0.5, 0.6) is 0 Å². The Bertz CT molecular complexity index is 605. The van der Waals surface area contributed by atoms with E-state index in [0.717, 1.165) is 0 Å². The summed E-state index contributed by atoms with van der Waals surface area (Å²) in [6, 6.07) is 0. The number of nitrogens with one attached hydrogen (secondary N) is 1. The van der Waals surface area contributed by atoms with Gasteiger partial charge >= 0.3 is 5.97 Å². The molecule has 2 heterocycles. The summed E-state index contributed by atoms with van der Waals surface area (Å²) in [5, 5.41) is 12.8. The van der Waals surface area contributed by atoms with Crippen LogP contribution < -0.4 is 4.72 Å². The first-order chi connectivity index (χ1) is 9.81. The van der Waals surface area contributed by atoms with E-state index in [1.807, 2.05) is 0 Å². The first-order valence-corrected chi connectivity index (χ1v) is 8.14. The van der Waals surface area contributed by atoms with Gasteiger partial charge in [-0.1, -0.05) is 5.16 Å². The van der Waals surface area contributed by atoms with Gasteiger partial charge in [-0.25, -0.2) is 0 Å². The first-order valence-electron chi connectivity index (χ1n) is 6.70. The fourth-order valence-electron chi connectivity index (χ4n) is 2.37. The topological polar surface area (TPSA) is 113 Å². The molecular formula is C12H19N3O5S. The van der Waals surface area contributed by atoms with Crippen molar-refractivity contribution in [1.82, 2.24) is 14.2 Å². The van der Waals surface area contributed by atoms with Crippen molar-refractivity contribution in [1.29, 1.82) is 0 Å². The van der Waals surface area contributed by atoms with E-state index in [1.54, 1.807) is 13.8 Å². The molecule has 0 amide bonds. The van der Waals surface area contributed by atoms with E-state index in [4.69, 9.17) is 9.63 Å². The summed E-state index contributed by atoms with van der Waals surface area (Å²) in [6.45, 7) is 3.87. The minimum absolute atomic E-state index is 0.00622. The number of nitrogens with zero attached hydrogens (tertiary/aromatic N) is 2. The van der Waals surface area contributed by atoms with Crippen molar-refractivity contribution in [2.45, 2.75) is 33.2 Å². The molecular weight excluding hydrogens is 298 g/mol. The predicted octanol–water partition coefficient (Wildman–Crippen LogP) is 0.422. The van der Waals surface area contributed by atoms with Crippen LogP contribution in [-0.2, 0) is 21.5 Å². The van der Waals surface area contributed by atoms with Crippen molar-refractivity contribution >= 4 is 16.2 Å². The van der Waals surface area contributed by atoms with Crippen LogP contribution in [0.1, 0.15) is 29.9 Å². The van der Waals surface area contributed by atoms with Gasteiger partial charge in [-0.2, -0.15) is 17.4 Å². The maximum Gasteiger partial charge on any atom is 0.307 e. The standard InChI is InChI=1S/C12H19N3O5S/c1-8-11(9(2)20-14-8)6-13-21(18,19)15-5-3-4-10(7-15)12(16)17/h10,13H,3-7H2,1-2H3,(H,16,17). The second kappa shape index (κ2) is 6.12. The van der Waals surface area contributed by atoms with Crippen LogP contribution in [0.3, 0.4) is 0 Å². The van der Waals surface area contributed by atoms with Gasteiger partial charge in [-0.15, -0.1) is 0 Å². The molecule has 21 heavy (non-hydrogen) atoms. The molecule has 9 heteroatoms. The highest BCUT2D eigenvalue weighted by Gasteiger charge is 2.32. The molecule has 1 saturated heterocycles. The number of carboxylic acids is 1. The summed E-state index contributed by atoms with van der Waals surface area (Å²) >= 11 is 0. The van der Waals surface area contributed by atoms with Gasteiger partial charge < -0.3 is 9.63 Å². The van der Waals surface area contributed by atoms with Crippen molar-refractivity contribution in [3.8, 4) is 0 Å². The second-order valence-corrected chi connectivity index (χ2v) is 6.92. The molecule has 0 saturated carbocycles. The van der Waals surface area contributed by atoms with Gasteiger partial charge in [0.1, 0.15) is 5.76 Å². The third-order valence-electron chi connectivity index (χ3n) is 3.69. The lowest BCUT2D eigenvalue weighted by atomic mass is 10.0. The van der Waals surface area contributed by atoms with Crippen molar-refractivity contribution in [2.24, 2.45) is 5.92 Å². The molecule has 2 N–H and O–H groups in total. The van der Waals surface area contributed by atoms with Gasteiger partial charge in [0.05, 0.1) is 11.6 Å². The van der Waals surface area contributed by atoms with E-state index in [9.17, 15) is 13.2 Å². The third kappa shape index (κ3) is 3.60. The summed E-state index contributed by atoms with van der Waals surface area (Å²) in [6.07, 6.45) is 1.05. The average Bonchev–Trinajstić information content (AvgIpc) is 2.76. The first kappa shape index (κ1) is 15.9. The predicted molar refractivity (Wildman–Crippen MR) is 73.7 cm³/mol. The zero-order valence-electron chi connectivity index (χ0n) is 12.0. The van der Waals surface area contributed by atoms with Gasteiger partial charge in [0, 0.05) is 25.2 Å². The molecule has 1 fully saturated rings. The van der Waals surface area contributed by atoms with E-state index in [1.165, 1.54) is 4.31 Å². The maximum absolute atomic E-state index is 12.2. The largest absolute Gasteiger partial charge is 0.481 e. The molecule has 8 nitrogen and oxygen atoms in total. The van der Waals surface area contributed by atoms with Crippen LogP contribution in [0.15, 0.2) is 4.52 Å². The van der Waals surface area contributed by atoms with Crippen molar-refractivity contribution in [3.05, 3.63) is 17.0 Å². The molecule has 1 aliphatic rings. The second-order valence-electron chi connectivity index (χ2n) is 5.16. The van der Waals surface area contributed by atoms with Gasteiger partial charge in [-0.05, 0) is 26.7 Å². The monoisotopic (exact) mass is 317 g/mol. The minimum Gasteiger partial charge on any atom is -0.481 e. The van der Waals surface area contributed by atoms with Crippen LogP contribution >= 0.6 is 0 Å². The van der Waals surface area contributed by atoms with Gasteiger partial charge in [0.15, 0.2) is 0 Å². The highest BCUT2D eigenvalue weighted by molar-refractivity contribution is 7.87. The lowest BCUT2D eigenvalue weighted by Crippen LogP contribution is -2.47. The number of aromatic nitrogens is 1. The van der Waals surface area contributed by atoms with Crippen LogP contribution in [0.25, 0.3) is 0 Å². The molecule has 0 spiro atoms. The van der Waals surface area contributed by atoms with Crippen LogP contribution in [-0.4, -0.2) is 42.0 Å². The fourth-order valence-corrected chi connectivity index (χ4v) is 3.63. The Labute approximate surface area is 123 Å². The molecule has 1 aromatic heterocycles. The third-order valence-corrected chi connectivity index (χ3v) is 5.21. The molecule has 0 aromatic carbocycles. The molecule has 2 rings (SSSR count). The van der Waals surface area contributed by atoms with Crippen molar-refractivity contribution in [3.63, 3.8) is 0 Å². The molecule has 1 aromatic rings. The van der Waals surface area contributed by atoms with Crippen LogP contribution in [0, 0.1) is 19.8 Å². The number of hydrogen-bond donors (Lipinski definition) is 2. The number of hydrogen-bond acceptors (Lipinski definition) is 5. The molecule has 0 bridgehead atoms. The fraction of sp³-hybridized carbons (Fsp3) is 0.667. The molecule has 1 aliphatic heterocycles. The van der Waals surface area contributed by atoms with E-state index < -0.39 is 22.1 Å². The molecule has 1 unspecified atom stereocenters. The van der Waals surface area contributed by atoms with Crippen molar-refractivity contribution in [2.75, 3.05) is 13.1 Å². The summed E-state index contributed by atoms with van der Waals surface area (Å²) in [7, 11) is -3.71. The Kier molecular flexibility index (Phi) is 4.64. The van der Waals surface area contributed by atoms with Crippen LogP contribution in [0.2, 0.25) is 0 Å². The zero-order chi connectivity index (χ0) is 15.6. The van der Waals surface area contributed by atoms with E-state index in [2.05, 4.69) is 9.88 Å². The van der Waals surface area contributed by atoms with E-state index in [-0.39, 0.29) is 13.1 Å². The van der Waals surface area contributed by atoms with Gasteiger partial charge in [-0.3, -0.25) is 4.79 Å². The quantitative estimate of drug-likeness (QED) is 0.814. The van der Waals surface area contributed by atoms with E-state index in [0.29, 0.717) is 36.4 Å². The lowest BCUT2D eigenvalue weighted by Gasteiger charge is -2.29. The normalized spacial score (nSPS) is 20.6. The highest BCUT2D eigenvalue weighted by atomic mass is 32.2. The van der Waals surface area contributed by atoms with Crippen LogP contribution in [0.4, 0.5) is 0 Å². The molecule has 0 aliphatic carbocycles. The Balaban J connectivity index is 2.03. The highest BCUT2D eigenvalue weighted by Crippen LogP contribution is 2.19. The summed E-state index contributed by atoms with van der Waals surface area (Å²) in [5.74, 6) is -1.03. The number of aryl methyl sites for hydroxylation is 2. The Morgan fingerprint density at radius 1 is 1.52 bits per heavy atom. The summed E-state index contributed by atoms with van der Waals surface area (Å²) < 4.78 is 33.1. The number of carbonyl (C=O) groups is 1. The van der Waals surface area contributed by atoms with Crippen molar-refractivity contribution < 1.29 is 22.8 Å². The summed E-state index contributed by atoms with van der Waals surface area (Å²) in [4.78, 5) is 11.0. The smallest absolute Gasteiger partial charge is 0.307 e. The molecule has 1 atom stereocenters. The number of aliphatic carboxylic acids is 1. The minimum atomic E-state index is -3.71. The summed E-state index contributed by atoms with van der Waals surface area (Å²) in [5.41, 5.74) is 1.34. The Hall–Kier alpha value is -1.45. The zero-order valence-corrected chi connectivity index (χ0v) is 12.8. The number of piperidine rings is 1. The average molecular weight is 317 g/mol. The molecule has 0 radical (unpaired) electrons. The Morgan fingerprint density at radius 2 is 2.24 bits per heavy atom. The lowest BCUT2D eigenvalue weighted by molar-refractivity contribution is -0.142. The van der Waals surface area contributed by atoms with Gasteiger partial charge in [0.25, 0.3) is 10.2 Å². The maximum atomic E-state index is 12.2. The number of rotatable bonds is 5. The van der Waals surface area contributed by atoms with E-state index >= 15 is 0 Å². The number of carboxylic acid groups (broad SMARTS) is 1. The van der Waals surface area contributed by atoms with Gasteiger partial charge in [0.2, 0.25) is 0 Å². The Morgan fingerprint density at radius 3 is 2.81 bits per heavy atom.